The normalized spacial score (nSPS) is 11.5. The Morgan fingerprint density at radius 1 is 0.875 bits per heavy atom. The maximum absolute atomic E-state index is 11.7. The topological polar surface area (TPSA) is 84.3 Å². The summed E-state index contributed by atoms with van der Waals surface area (Å²) in [6.45, 7) is 0.500. The minimum atomic E-state index is -0.936. The van der Waals surface area contributed by atoms with Crippen LogP contribution in [0.25, 0.3) is 11.3 Å². The van der Waals surface area contributed by atoms with Crippen molar-refractivity contribution in [3.8, 4) is 17.0 Å². The molecule has 0 radical (unpaired) electrons. The molecule has 6 nitrogen and oxygen atoms in total. The molecule has 0 saturated carbocycles. The molecule has 0 spiro atoms. The predicted molar refractivity (Wildman–Crippen MR) is 123 cm³/mol. The number of benzene rings is 3. The van der Waals surface area contributed by atoms with Crippen LogP contribution in [0, 0.1) is 0 Å². The molecular weight excluding hydrogens is 402 g/mol. The van der Waals surface area contributed by atoms with E-state index < -0.39 is 12.0 Å². The smallest absolute Gasteiger partial charge is 0.326 e. The highest BCUT2D eigenvalue weighted by atomic mass is 16.5. The van der Waals surface area contributed by atoms with Gasteiger partial charge in [-0.3, -0.25) is 0 Å². The molecule has 0 aliphatic heterocycles. The van der Waals surface area contributed by atoms with E-state index in [1.807, 2.05) is 84.9 Å². The van der Waals surface area contributed by atoms with E-state index in [1.165, 1.54) is 6.33 Å². The zero-order valence-corrected chi connectivity index (χ0v) is 17.4. The third-order valence-electron chi connectivity index (χ3n) is 4.97. The van der Waals surface area contributed by atoms with Gasteiger partial charge in [-0.1, -0.05) is 60.7 Å². The zero-order valence-electron chi connectivity index (χ0n) is 17.4. The maximum atomic E-state index is 11.7. The van der Waals surface area contributed by atoms with E-state index in [1.54, 1.807) is 6.07 Å². The van der Waals surface area contributed by atoms with Crippen LogP contribution >= 0.6 is 0 Å². The van der Waals surface area contributed by atoms with Crippen LogP contribution in [0.1, 0.15) is 11.1 Å². The monoisotopic (exact) mass is 425 g/mol. The first-order valence-electron chi connectivity index (χ1n) is 10.3. The third kappa shape index (κ3) is 5.70. The number of carboxylic acids is 1. The molecule has 0 bridgehead atoms. The second-order valence-corrected chi connectivity index (χ2v) is 7.31. The Balaban J connectivity index is 1.43. The highest BCUT2D eigenvalue weighted by molar-refractivity contribution is 5.77. The molecule has 3 aromatic carbocycles. The number of nitrogens with one attached hydrogen (secondary N) is 1. The fraction of sp³-hybridized carbons (Fsp3) is 0.115. The molecule has 4 aromatic rings. The van der Waals surface area contributed by atoms with Crippen LogP contribution in [0.5, 0.6) is 5.75 Å². The van der Waals surface area contributed by atoms with Gasteiger partial charge < -0.3 is 15.2 Å². The Morgan fingerprint density at radius 3 is 2.19 bits per heavy atom. The van der Waals surface area contributed by atoms with Gasteiger partial charge in [0.15, 0.2) is 0 Å². The number of hydrogen-bond acceptors (Lipinski definition) is 5. The molecule has 0 aliphatic rings. The van der Waals surface area contributed by atoms with Crippen LogP contribution in [0.15, 0.2) is 97.3 Å². The van der Waals surface area contributed by atoms with E-state index in [0.29, 0.717) is 24.5 Å². The van der Waals surface area contributed by atoms with Crippen molar-refractivity contribution in [2.45, 2.75) is 19.1 Å². The number of hydrogen-bond donors (Lipinski definition) is 2. The van der Waals surface area contributed by atoms with Crippen LogP contribution in [0.4, 0.5) is 5.82 Å². The second kappa shape index (κ2) is 10.2. The minimum absolute atomic E-state index is 0.350. The average Bonchev–Trinajstić information content (AvgIpc) is 2.84. The molecular formula is C26H23N3O3. The lowest BCUT2D eigenvalue weighted by molar-refractivity contribution is -0.137. The lowest BCUT2D eigenvalue weighted by atomic mass is 10.1. The van der Waals surface area contributed by atoms with E-state index in [2.05, 4.69) is 15.3 Å². The Kier molecular flexibility index (Phi) is 6.72. The summed E-state index contributed by atoms with van der Waals surface area (Å²) in [5, 5.41) is 12.6. The second-order valence-electron chi connectivity index (χ2n) is 7.31. The van der Waals surface area contributed by atoms with Crippen molar-refractivity contribution in [2.75, 3.05) is 5.32 Å². The van der Waals surface area contributed by atoms with Crippen molar-refractivity contribution in [3.63, 3.8) is 0 Å². The molecule has 0 unspecified atom stereocenters. The number of nitrogens with zero attached hydrogens (tertiary/aromatic N) is 2. The largest absolute Gasteiger partial charge is 0.489 e. The molecule has 0 amide bonds. The molecule has 0 fully saturated rings. The standard InChI is InChI=1S/C26H23N3O3/c30-26(31)24(15-19-7-3-1-4-8-19)29-25-16-23(27-18-28-25)21-11-13-22(14-12-21)32-17-20-9-5-2-6-10-20/h1-14,16,18,24H,15,17H2,(H,30,31)(H,27,28,29)/t24-/m1/s1. The Labute approximate surface area is 186 Å². The first-order valence-corrected chi connectivity index (χ1v) is 10.3. The summed E-state index contributed by atoms with van der Waals surface area (Å²) in [6, 6.07) is 28.1. The fourth-order valence-corrected chi connectivity index (χ4v) is 3.29. The first-order chi connectivity index (χ1) is 15.7. The number of carbonyl (C=O) groups is 1. The maximum Gasteiger partial charge on any atom is 0.326 e. The van der Waals surface area contributed by atoms with E-state index in [0.717, 1.165) is 22.4 Å². The Morgan fingerprint density at radius 2 is 1.53 bits per heavy atom. The third-order valence-corrected chi connectivity index (χ3v) is 4.97. The molecule has 1 heterocycles. The summed E-state index contributed by atoms with van der Waals surface area (Å²) >= 11 is 0. The van der Waals surface area contributed by atoms with Gasteiger partial charge in [-0.15, -0.1) is 0 Å². The SMILES string of the molecule is O=C(O)[C@@H](Cc1ccccc1)Nc1cc(-c2ccc(OCc3ccccc3)cc2)ncn1. The van der Waals surface area contributed by atoms with E-state index in [-0.39, 0.29) is 0 Å². The molecule has 0 saturated heterocycles. The van der Waals surface area contributed by atoms with Gasteiger partial charge >= 0.3 is 5.97 Å². The van der Waals surface area contributed by atoms with Crippen molar-refractivity contribution >= 4 is 11.8 Å². The van der Waals surface area contributed by atoms with Gasteiger partial charge in [0.05, 0.1) is 5.69 Å². The van der Waals surface area contributed by atoms with Gasteiger partial charge in [-0.2, -0.15) is 0 Å². The zero-order chi connectivity index (χ0) is 22.2. The van der Waals surface area contributed by atoms with Gasteiger partial charge in [0.2, 0.25) is 0 Å². The van der Waals surface area contributed by atoms with Crippen molar-refractivity contribution in [2.24, 2.45) is 0 Å². The molecule has 1 atom stereocenters. The summed E-state index contributed by atoms with van der Waals surface area (Å²) in [6.07, 6.45) is 1.78. The van der Waals surface area contributed by atoms with Crippen molar-refractivity contribution in [1.82, 2.24) is 9.97 Å². The molecule has 160 valence electrons. The molecule has 2 N–H and O–H groups in total. The summed E-state index contributed by atoms with van der Waals surface area (Å²) in [5.74, 6) is 0.287. The summed E-state index contributed by atoms with van der Waals surface area (Å²) in [5.41, 5.74) is 3.62. The van der Waals surface area contributed by atoms with Crippen LogP contribution in [0.2, 0.25) is 0 Å². The van der Waals surface area contributed by atoms with Gasteiger partial charge in [-0.05, 0) is 35.4 Å². The molecule has 6 heteroatoms. The fourth-order valence-electron chi connectivity index (χ4n) is 3.29. The lowest BCUT2D eigenvalue weighted by Crippen LogP contribution is -2.31. The molecule has 32 heavy (non-hydrogen) atoms. The summed E-state index contributed by atoms with van der Waals surface area (Å²) < 4.78 is 5.83. The van der Waals surface area contributed by atoms with Gasteiger partial charge in [0.25, 0.3) is 0 Å². The molecule has 4 rings (SSSR count). The van der Waals surface area contributed by atoms with Crippen LogP contribution < -0.4 is 10.1 Å². The summed E-state index contributed by atoms with van der Waals surface area (Å²) in [7, 11) is 0. The van der Waals surface area contributed by atoms with E-state index in [9.17, 15) is 9.90 Å². The predicted octanol–water partition coefficient (Wildman–Crippen LogP) is 4.83. The average molecular weight is 425 g/mol. The number of aromatic nitrogens is 2. The first kappa shape index (κ1) is 21.1. The van der Waals surface area contributed by atoms with Gasteiger partial charge in [0, 0.05) is 18.1 Å². The number of aliphatic carboxylic acids is 1. The van der Waals surface area contributed by atoms with Crippen molar-refractivity contribution < 1.29 is 14.6 Å². The van der Waals surface area contributed by atoms with Gasteiger partial charge in [-0.25, -0.2) is 14.8 Å². The molecule has 0 aliphatic carbocycles. The van der Waals surface area contributed by atoms with Crippen molar-refractivity contribution in [1.29, 1.82) is 0 Å². The quantitative estimate of drug-likeness (QED) is 0.400. The highest BCUT2D eigenvalue weighted by Gasteiger charge is 2.18. The lowest BCUT2D eigenvalue weighted by Gasteiger charge is -2.15. The molecule has 1 aromatic heterocycles. The number of rotatable bonds is 9. The number of anilines is 1. The highest BCUT2D eigenvalue weighted by Crippen LogP contribution is 2.23. The Hall–Kier alpha value is -4.19. The Bertz CT molecular complexity index is 1150. The van der Waals surface area contributed by atoms with E-state index in [4.69, 9.17) is 4.74 Å². The minimum Gasteiger partial charge on any atom is -0.489 e. The van der Waals surface area contributed by atoms with Crippen LogP contribution in [-0.4, -0.2) is 27.1 Å². The van der Waals surface area contributed by atoms with Crippen LogP contribution in [0.3, 0.4) is 0 Å². The number of ether oxygens (including phenoxy) is 1. The van der Waals surface area contributed by atoms with Crippen molar-refractivity contribution in [3.05, 3.63) is 108 Å². The summed E-state index contributed by atoms with van der Waals surface area (Å²) in [4.78, 5) is 20.3. The van der Waals surface area contributed by atoms with Gasteiger partial charge in [0.1, 0.15) is 30.5 Å². The van der Waals surface area contributed by atoms with E-state index >= 15 is 0 Å². The number of carboxylic acid groups (broad SMARTS) is 1. The van der Waals surface area contributed by atoms with Crippen LogP contribution in [-0.2, 0) is 17.8 Å².